The molecular weight excluding hydrogens is 335 g/mol. The Balaban J connectivity index is 1.72. The number of aryl methyl sites for hydroxylation is 1. The number of nitrogens with zero attached hydrogens (tertiary/aromatic N) is 2. The van der Waals surface area contributed by atoms with E-state index in [1.807, 2.05) is 19.4 Å². The molecule has 126 valence electrons. The van der Waals surface area contributed by atoms with Crippen molar-refractivity contribution in [3.63, 3.8) is 0 Å². The maximum Gasteiger partial charge on any atom is 0.156 e. The molecule has 0 aliphatic rings. The summed E-state index contributed by atoms with van der Waals surface area (Å²) in [5.41, 5.74) is 0. The van der Waals surface area contributed by atoms with E-state index < -0.39 is 0 Å². The maximum atomic E-state index is 6.22. The zero-order valence-corrected chi connectivity index (χ0v) is 14.8. The lowest BCUT2D eigenvalue weighted by Crippen LogP contribution is -2.01. The van der Waals surface area contributed by atoms with E-state index in [1.165, 1.54) is 0 Å². The van der Waals surface area contributed by atoms with Crippen molar-refractivity contribution in [1.29, 1.82) is 0 Å². The van der Waals surface area contributed by atoms with E-state index in [9.17, 15) is 0 Å². The number of ether oxygens (including phenoxy) is 2. The molecule has 23 heavy (non-hydrogen) atoms. The summed E-state index contributed by atoms with van der Waals surface area (Å²) in [5, 5.41) is 0.976. The average Bonchev–Trinajstić information content (AvgIpc) is 3.04. The van der Waals surface area contributed by atoms with E-state index in [1.54, 1.807) is 18.3 Å². The normalized spacial score (nSPS) is 10.7. The molecule has 4 nitrogen and oxygen atoms in total. The van der Waals surface area contributed by atoms with E-state index in [2.05, 4.69) is 9.55 Å². The zero-order chi connectivity index (χ0) is 16.5. The van der Waals surface area contributed by atoms with Gasteiger partial charge in [0.05, 0.1) is 29.6 Å². The molecule has 0 aliphatic carbocycles. The number of aromatic nitrogens is 2. The molecule has 2 aromatic rings. The fourth-order valence-corrected chi connectivity index (χ4v) is 2.72. The molecule has 0 fully saturated rings. The molecule has 0 amide bonds. The molecule has 0 aliphatic heterocycles. The minimum atomic E-state index is 0.488. The van der Waals surface area contributed by atoms with Crippen molar-refractivity contribution in [2.24, 2.45) is 0 Å². The molecule has 1 aromatic carbocycles. The summed E-state index contributed by atoms with van der Waals surface area (Å²) in [6.45, 7) is 4.26. The van der Waals surface area contributed by atoms with E-state index in [0.717, 1.165) is 32.2 Å². The van der Waals surface area contributed by atoms with Crippen LogP contribution >= 0.6 is 23.2 Å². The van der Waals surface area contributed by atoms with Gasteiger partial charge in [0.2, 0.25) is 0 Å². The number of hydrogen-bond acceptors (Lipinski definition) is 3. The average molecular weight is 357 g/mol. The topological polar surface area (TPSA) is 36.3 Å². The summed E-state index contributed by atoms with van der Waals surface area (Å²) < 4.78 is 13.3. The minimum absolute atomic E-state index is 0.488. The number of unbranched alkanes of at least 4 members (excludes halogenated alkanes) is 2. The third-order valence-corrected chi connectivity index (χ3v) is 3.87. The van der Waals surface area contributed by atoms with Crippen LogP contribution in [0.4, 0.5) is 0 Å². The molecule has 1 heterocycles. The molecule has 0 saturated carbocycles. The summed E-state index contributed by atoms with van der Waals surface area (Å²) in [4.78, 5) is 4.02. The van der Waals surface area contributed by atoms with Gasteiger partial charge in [0.25, 0.3) is 0 Å². The summed E-state index contributed by atoms with van der Waals surface area (Å²) >= 11 is 12.4. The van der Waals surface area contributed by atoms with E-state index >= 15 is 0 Å². The van der Waals surface area contributed by atoms with Gasteiger partial charge in [-0.2, -0.15) is 0 Å². The van der Waals surface area contributed by atoms with Gasteiger partial charge in [0.15, 0.2) is 5.75 Å². The van der Waals surface area contributed by atoms with Crippen molar-refractivity contribution in [3.8, 4) is 11.5 Å². The number of rotatable bonds is 10. The monoisotopic (exact) mass is 356 g/mol. The van der Waals surface area contributed by atoms with Gasteiger partial charge in [-0.3, -0.25) is 0 Å². The lowest BCUT2D eigenvalue weighted by atomic mass is 10.2. The van der Waals surface area contributed by atoms with Crippen molar-refractivity contribution in [2.45, 2.75) is 39.2 Å². The molecule has 0 N–H and O–H groups in total. The zero-order valence-electron chi connectivity index (χ0n) is 13.3. The predicted octanol–water partition coefficient (Wildman–Crippen LogP) is 5.23. The first-order chi connectivity index (χ1) is 11.2. The standard InChI is InChI=1S/C17H22Cl2N2O2/c1-2-9-22-14-11-15(18)17(16(19)12-14)23-10-5-3-4-7-21-8-6-20-13-21/h6,8,11-13H,2-5,7,9-10H2,1H3. The van der Waals surface area contributed by atoms with Crippen LogP contribution in [0.15, 0.2) is 30.9 Å². The van der Waals surface area contributed by atoms with Crippen molar-refractivity contribution in [1.82, 2.24) is 9.55 Å². The molecule has 6 heteroatoms. The quantitative estimate of drug-likeness (QED) is 0.547. The van der Waals surface area contributed by atoms with Gasteiger partial charge in [0.1, 0.15) is 5.75 Å². The van der Waals surface area contributed by atoms with Crippen LogP contribution < -0.4 is 9.47 Å². The largest absolute Gasteiger partial charge is 0.493 e. The number of halogens is 2. The van der Waals surface area contributed by atoms with Crippen molar-refractivity contribution < 1.29 is 9.47 Å². The number of benzene rings is 1. The Hall–Kier alpha value is -1.39. The minimum Gasteiger partial charge on any atom is -0.493 e. The lowest BCUT2D eigenvalue weighted by Gasteiger charge is -2.12. The highest BCUT2D eigenvalue weighted by atomic mass is 35.5. The third-order valence-electron chi connectivity index (χ3n) is 3.31. The first kappa shape index (κ1) is 18.0. The van der Waals surface area contributed by atoms with Gasteiger partial charge in [-0.25, -0.2) is 4.98 Å². The third kappa shape index (κ3) is 5.96. The Morgan fingerprint density at radius 3 is 2.48 bits per heavy atom. The van der Waals surface area contributed by atoms with Crippen LogP contribution in [-0.2, 0) is 6.54 Å². The van der Waals surface area contributed by atoms with E-state index in [-0.39, 0.29) is 0 Å². The number of imidazole rings is 1. The Kier molecular flexibility index (Phi) is 7.56. The van der Waals surface area contributed by atoms with Gasteiger partial charge in [-0.15, -0.1) is 0 Å². The Morgan fingerprint density at radius 2 is 1.83 bits per heavy atom. The SMILES string of the molecule is CCCOc1cc(Cl)c(OCCCCCn2ccnc2)c(Cl)c1. The van der Waals surface area contributed by atoms with Crippen LogP contribution in [0.3, 0.4) is 0 Å². The smallest absolute Gasteiger partial charge is 0.156 e. The second kappa shape index (κ2) is 9.68. The lowest BCUT2D eigenvalue weighted by molar-refractivity contribution is 0.300. The van der Waals surface area contributed by atoms with E-state index in [0.29, 0.717) is 34.8 Å². The van der Waals surface area contributed by atoms with Crippen LogP contribution in [0.2, 0.25) is 10.0 Å². The number of hydrogen-bond donors (Lipinski definition) is 0. The summed E-state index contributed by atoms with van der Waals surface area (Å²) in [6, 6.07) is 3.49. The van der Waals surface area contributed by atoms with E-state index in [4.69, 9.17) is 32.7 Å². The van der Waals surface area contributed by atoms with Crippen molar-refractivity contribution in [3.05, 3.63) is 40.9 Å². The summed E-state index contributed by atoms with van der Waals surface area (Å²) in [6.07, 6.45) is 9.65. The molecule has 0 atom stereocenters. The summed E-state index contributed by atoms with van der Waals surface area (Å²) in [7, 11) is 0. The van der Waals surface area contributed by atoms with Crippen LogP contribution in [0.5, 0.6) is 11.5 Å². The summed E-state index contributed by atoms with van der Waals surface area (Å²) in [5.74, 6) is 1.21. The molecule has 1 aromatic heterocycles. The van der Waals surface area contributed by atoms with Crippen LogP contribution in [0.25, 0.3) is 0 Å². The fraction of sp³-hybridized carbons (Fsp3) is 0.471. The van der Waals surface area contributed by atoms with Crippen LogP contribution in [0, 0.1) is 0 Å². The molecule has 0 radical (unpaired) electrons. The predicted molar refractivity (Wildman–Crippen MR) is 93.8 cm³/mol. The Morgan fingerprint density at radius 1 is 1.04 bits per heavy atom. The Bertz CT molecular complexity index is 565. The van der Waals surface area contributed by atoms with Gasteiger partial charge in [-0.1, -0.05) is 30.1 Å². The first-order valence-corrected chi connectivity index (χ1v) is 8.66. The van der Waals surface area contributed by atoms with Crippen molar-refractivity contribution >= 4 is 23.2 Å². The molecule has 2 rings (SSSR count). The second-order valence-electron chi connectivity index (χ2n) is 5.27. The second-order valence-corrected chi connectivity index (χ2v) is 6.09. The van der Waals surface area contributed by atoms with Gasteiger partial charge >= 0.3 is 0 Å². The highest BCUT2D eigenvalue weighted by Crippen LogP contribution is 2.37. The Labute approximate surface area is 147 Å². The fourth-order valence-electron chi connectivity index (χ4n) is 2.14. The van der Waals surface area contributed by atoms with Gasteiger partial charge in [-0.05, 0) is 25.7 Å². The molecule has 0 spiro atoms. The molecule has 0 saturated heterocycles. The van der Waals surface area contributed by atoms with Gasteiger partial charge < -0.3 is 14.0 Å². The maximum absolute atomic E-state index is 6.22. The highest BCUT2D eigenvalue weighted by molar-refractivity contribution is 6.37. The van der Waals surface area contributed by atoms with Gasteiger partial charge in [0, 0.05) is 31.1 Å². The van der Waals surface area contributed by atoms with Crippen molar-refractivity contribution in [2.75, 3.05) is 13.2 Å². The molecule has 0 bridgehead atoms. The molecule has 0 unspecified atom stereocenters. The van der Waals surface area contributed by atoms with Crippen LogP contribution in [0.1, 0.15) is 32.6 Å². The van der Waals surface area contributed by atoms with Crippen LogP contribution in [-0.4, -0.2) is 22.8 Å². The molecular formula is C17H22Cl2N2O2. The first-order valence-electron chi connectivity index (χ1n) is 7.91. The highest BCUT2D eigenvalue weighted by Gasteiger charge is 2.10.